The molecule has 1 fully saturated rings. The largest absolute Gasteiger partial charge is 0.356 e. The lowest BCUT2D eigenvalue weighted by Crippen LogP contribution is -2.48. The first kappa shape index (κ1) is 16.0. The molecule has 0 spiro atoms. The van der Waals surface area contributed by atoms with Crippen LogP contribution in [0.4, 0.5) is 0 Å². The van der Waals surface area contributed by atoms with Gasteiger partial charge in [-0.3, -0.25) is 9.69 Å². The zero-order valence-corrected chi connectivity index (χ0v) is 14.5. The molecule has 1 aliphatic rings. The minimum absolute atomic E-state index is 0.0789. The number of benzene rings is 1. The van der Waals surface area contributed by atoms with Crippen LogP contribution in [0.5, 0.6) is 0 Å². The molecule has 1 N–H and O–H groups in total. The van der Waals surface area contributed by atoms with Gasteiger partial charge in [0.2, 0.25) is 0 Å². The molecule has 3 rings (SSSR count). The lowest BCUT2D eigenvalue weighted by molar-refractivity contribution is 0.0645. The van der Waals surface area contributed by atoms with E-state index in [0.29, 0.717) is 5.69 Å². The minimum atomic E-state index is 0.0789. The first-order chi connectivity index (χ1) is 11.2. The van der Waals surface area contributed by atoms with E-state index < -0.39 is 0 Å². The van der Waals surface area contributed by atoms with Crippen molar-refractivity contribution >= 4 is 27.9 Å². The number of aromatic amines is 1. The van der Waals surface area contributed by atoms with Gasteiger partial charge in [-0.15, -0.1) is 0 Å². The van der Waals surface area contributed by atoms with E-state index in [1.54, 1.807) is 6.20 Å². The topological polar surface area (TPSA) is 39.3 Å². The number of nitrogens with zero attached hydrogens (tertiary/aromatic N) is 2. The second-order valence-electron chi connectivity index (χ2n) is 5.64. The number of carbonyl (C=O) groups excluding carboxylic acids is 1. The van der Waals surface area contributed by atoms with Crippen molar-refractivity contribution in [2.75, 3.05) is 32.7 Å². The van der Waals surface area contributed by atoms with Gasteiger partial charge in [0.25, 0.3) is 5.91 Å². The van der Waals surface area contributed by atoms with E-state index >= 15 is 0 Å². The SMILES string of the molecule is O=C(c1cc(Br)c[nH]1)N1CCN(C/C=C/c2ccccc2)CC1. The third-order valence-electron chi connectivity index (χ3n) is 4.01. The fraction of sp³-hybridized carbons (Fsp3) is 0.278. The molecule has 23 heavy (non-hydrogen) atoms. The fourth-order valence-corrected chi connectivity index (χ4v) is 3.04. The summed E-state index contributed by atoms with van der Waals surface area (Å²) in [4.78, 5) is 19.6. The second kappa shape index (κ2) is 7.62. The number of aromatic nitrogens is 1. The number of hydrogen-bond donors (Lipinski definition) is 1. The molecule has 1 aliphatic heterocycles. The molecule has 2 heterocycles. The Morgan fingerprint density at radius 3 is 2.57 bits per heavy atom. The standard InChI is InChI=1S/C18H20BrN3O/c19-16-13-17(20-14-16)18(23)22-11-9-21(10-12-22)8-4-7-15-5-2-1-3-6-15/h1-7,13-14,20H,8-12H2/b7-4+. The molecule has 1 aromatic carbocycles. The van der Waals surface area contributed by atoms with Gasteiger partial charge in [0, 0.05) is 43.4 Å². The molecule has 2 aromatic rings. The Morgan fingerprint density at radius 2 is 1.91 bits per heavy atom. The molecule has 1 saturated heterocycles. The van der Waals surface area contributed by atoms with Crippen molar-refractivity contribution in [2.45, 2.75) is 0 Å². The molecule has 0 aliphatic carbocycles. The molecule has 1 amide bonds. The maximum absolute atomic E-state index is 12.4. The lowest BCUT2D eigenvalue weighted by Gasteiger charge is -2.33. The number of rotatable bonds is 4. The van der Waals surface area contributed by atoms with Crippen LogP contribution in [0, 0.1) is 0 Å². The molecule has 5 heteroatoms. The van der Waals surface area contributed by atoms with Gasteiger partial charge >= 0.3 is 0 Å². The van der Waals surface area contributed by atoms with Crippen LogP contribution >= 0.6 is 15.9 Å². The molecule has 0 unspecified atom stereocenters. The first-order valence-electron chi connectivity index (χ1n) is 7.79. The smallest absolute Gasteiger partial charge is 0.270 e. The first-order valence-corrected chi connectivity index (χ1v) is 8.59. The highest BCUT2D eigenvalue weighted by Crippen LogP contribution is 2.14. The van der Waals surface area contributed by atoms with Crippen molar-refractivity contribution in [3.8, 4) is 0 Å². The van der Waals surface area contributed by atoms with Crippen LogP contribution in [0.1, 0.15) is 16.1 Å². The predicted molar refractivity (Wildman–Crippen MR) is 96.3 cm³/mol. The van der Waals surface area contributed by atoms with Gasteiger partial charge in [-0.05, 0) is 27.6 Å². The number of piperazine rings is 1. The molecule has 1 aromatic heterocycles. The van der Waals surface area contributed by atoms with Crippen molar-refractivity contribution in [3.63, 3.8) is 0 Å². The highest BCUT2D eigenvalue weighted by Gasteiger charge is 2.22. The van der Waals surface area contributed by atoms with Gasteiger partial charge in [0.15, 0.2) is 0 Å². The maximum Gasteiger partial charge on any atom is 0.270 e. The molecular formula is C18H20BrN3O. The number of nitrogens with one attached hydrogen (secondary N) is 1. The molecule has 0 saturated carbocycles. The van der Waals surface area contributed by atoms with Crippen LogP contribution in [0.2, 0.25) is 0 Å². The average Bonchev–Trinajstić information content (AvgIpc) is 3.02. The van der Waals surface area contributed by atoms with Gasteiger partial charge < -0.3 is 9.88 Å². The normalized spacial score (nSPS) is 16.1. The maximum atomic E-state index is 12.4. The Morgan fingerprint density at radius 1 is 1.17 bits per heavy atom. The fourth-order valence-electron chi connectivity index (χ4n) is 2.70. The summed E-state index contributed by atoms with van der Waals surface area (Å²) in [6.45, 7) is 4.29. The highest BCUT2D eigenvalue weighted by molar-refractivity contribution is 9.10. The molecule has 0 radical (unpaired) electrons. The summed E-state index contributed by atoms with van der Waals surface area (Å²) in [5.41, 5.74) is 1.87. The van der Waals surface area contributed by atoms with Crippen molar-refractivity contribution in [1.29, 1.82) is 0 Å². The summed E-state index contributed by atoms with van der Waals surface area (Å²) in [7, 11) is 0. The second-order valence-corrected chi connectivity index (χ2v) is 6.55. The molecule has 0 bridgehead atoms. The zero-order valence-electron chi connectivity index (χ0n) is 12.9. The van der Waals surface area contributed by atoms with Crippen LogP contribution in [0.15, 0.2) is 53.1 Å². The monoisotopic (exact) mass is 373 g/mol. The Balaban J connectivity index is 1.47. The summed E-state index contributed by atoms with van der Waals surface area (Å²) >= 11 is 3.36. The van der Waals surface area contributed by atoms with Gasteiger partial charge in [-0.25, -0.2) is 0 Å². The Labute approximate surface area is 144 Å². The van der Waals surface area contributed by atoms with E-state index in [1.165, 1.54) is 5.56 Å². The Bertz CT molecular complexity index is 673. The number of halogens is 1. The van der Waals surface area contributed by atoms with E-state index in [9.17, 15) is 4.79 Å². The van der Waals surface area contributed by atoms with Crippen molar-refractivity contribution in [3.05, 3.63) is 64.4 Å². The number of carbonyl (C=O) groups is 1. The summed E-state index contributed by atoms with van der Waals surface area (Å²) in [6, 6.07) is 12.1. The van der Waals surface area contributed by atoms with E-state index in [0.717, 1.165) is 37.2 Å². The van der Waals surface area contributed by atoms with Gasteiger partial charge in [0.1, 0.15) is 5.69 Å². The van der Waals surface area contributed by atoms with Crippen LogP contribution in [-0.4, -0.2) is 53.4 Å². The zero-order chi connectivity index (χ0) is 16.1. The quantitative estimate of drug-likeness (QED) is 0.893. The molecule has 120 valence electrons. The molecular weight excluding hydrogens is 354 g/mol. The van der Waals surface area contributed by atoms with Crippen molar-refractivity contribution in [2.24, 2.45) is 0 Å². The summed E-state index contributed by atoms with van der Waals surface area (Å²) in [6.07, 6.45) is 6.13. The third-order valence-corrected chi connectivity index (χ3v) is 4.47. The van der Waals surface area contributed by atoms with Crippen LogP contribution in [0.3, 0.4) is 0 Å². The minimum Gasteiger partial charge on any atom is -0.356 e. The highest BCUT2D eigenvalue weighted by atomic mass is 79.9. The third kappa shape index (κ3) is 4.33. The lowest BCUT2D eigenvalue weighted by atomic mass is 10.2. The van der Waals surface area contributed by atoms with Gasteiger partial charge in [-0.2, -0.15) is 0 Å². The van der Waals surface area contributed by atoms with Crippen molar-refractivity contribution < 1.29 is 4.79 Å². The van der Waals surface area contributed by atoms with Gasteiger partial charge in [-0.1, -0.05) is 42.5 Å². The summed E-state index contributed by atoms with van der Waals surface area (Å²) in [5, 5.41) is 0. The Hall–Kier alpha value is -1.85. The van der Waals surface area contributed by atoms with E-state index in [-0.39, 0.29) is 5.91 Å². The summed E-state index contributed by atoms with van der Waals surface area (Å²) < 4.78 is 0.908. The summed E-state index contributed by atoms with van der Waals surface area (Å²) in [5.74, 6) is 0.0789. The number of hydrogen-bond acceptors (Lipinski definition) is 2. The van der Waals surface area contributed by atoms with Crippen LogP contribution < -0.4 is 0 Å². The Kier molecular flexibility index (Phi) is 5.31. The number of H-pyrrole nitrogens is 1. The van der Waals surface area contributed by atoms with Gasteiger partial charge in [0.05, 0.1) is 0 Å². The average molecular weight is 374 g/mol. The van der Waals surface area contributed by atoms with E-state index in [1.807, 2.05) is 29.2 Å². The van der Waals surface area contributed by atoms with Crippen LogP contribution in [-0.2, 0) is 0 Å². The predicted octanol–water partition coefficient (Wildman–Crippen LogP) is 3.25. The van der Waals surface area contributed by atoms with E-state index in [4.69, 9.17) is 0 Å². The molecule has 4 nitrogen and oxygen atoms in total. The number of amides is 1. The van der Waals surface area contributed by atoms with Crippen LogP contribution in [0.25, 0.3) is 6.08 Å². The van der Waals surface area contributed by atoms with E-state index in [2.05, 4.69) is 50.1 Å². The van der Waals surface area contributed by atoms with Crippen molar-refractivity contribution in [1.82, 2.24) is 14.8 Å². The molecule has 0 atom stereocenters.